The minimum Gasteiger partial charge on any atom is -1.00 e. The first-order valence-corrected chi connectivity index (χ1v) is 0. The van der Waals surface area contributed by atoms with Gasteiger partial charge in [-0.25, -0.2) is 0 Å². The fourth-order valence-corrected chi connectivity index (χ4v) is 0. The van der Waals surface area contributed by atoms with Crippen LogP contribution in [0.1, 0.15) is 0 Å². The SMILES string of the molecule is F.[Cl-].[Cl-].[Cl-].[In+3]. The van der Waals surface area contributed by atoms with E-state index in [2.05, 4.69) is 0 Å². The minimum atomic E-state index is 0. The average molecular weight is 241 g/mol. The topological polar surface area (TPSA) is 0 Å². The Morgan fingerprint density at radius 2 is 0.600 bits per heavy atom. The van der Waals surface area contributed by atoms with Crippen LogP contribution < -0.4 is 37.2 Å². The molecule has 0 saturated carbocycles. The molecule has 32 valence electrons. The van der Waals surface area contributed by atoms with Crippen molar-refractivity contribution in [1.29, 1.82) is 0 Å². The number of halogens is 4. The minimum absolute atomic E-state index is 0. The van der Waals surface area contributed by atoms with Gasteiger partial charge in [0.15, 0.2) is 0 Å². The van der Waals surface area contributed by atoms with E-state index in [1.165, 1.54) is 0 Å². The Balaban J connectivity index is 0. The summed E-state index contributed by atoms with van der Waals surface area (Å²) in [4.78, 5) is 0. The van der Waals surface area contributed by atoms with Gasteiger partial charge in [0.2, 0.25) is 0 Å². The van der Waals surface area contributed by atoms with Gasteiger partial charge in [-0.1, -0.05) is 0 Å². The molecule has 0 aliphatic carbocycles. The smallest absolute Gasteiger partial charge is 1.00 e. The Bertz CT molecular complexity index is 6.85. The summed E-state index contributed by atoms with van der Waals surface area (Å²) in [7, 11) is 0. The van der Waals surface area contributed by atoms with Gasteiger partial charge in [-0.05, 0) is 0 Å². The molecule has 0 unspecified atom stereocenters. The van der Waals surface area contributed by atoms with E-state index >= 15 is 0 Å². The fourth-order valence-electron chi connectivity index (χ4n) is 0. The van der Waals surface area contributed by atoms with Crippen molar-refractivity contribution in [2.45, 2.75) is 0 Å². The molecule has 0 heterocycles. The summed E-state index contributed by atoms with van der Waals surface area (Å²) in [5, 5.41) is 0. The number of hydrogen-bond acceptors (Lipinski definition) is 0. The first kappa shape index (κ1) is 76.9. The van der Waals surface area contributed by atoms with Gasteiger partial charge in [0.1, 0.15) is 0 Å². The Hall–Kier alpha value is 1.67. The van der Waals surface area contributed by atoms with E-state index in [9.17, 15) is 0 Å². The summed E-state index contributed by atoms with van der Waals surface area (Å²) in [6, 6.07) is 0. The molecule has 0 N–H and O–H groups in total. The zero-order chi connectivity index (χ0) is 0. The molecule has 0 spiro atoms. The van der Waals surface area contributed by atoms with Crippen LogP contribution in [-0.4, -0.2) is 25.8 Å². The molecule has 0 bridgehead atoms. The van der Waals surface area contributed by atoms with Gasteiger partial charge in [-0.15, -0.1) is 0 Å². The van der Waals surface area contributed by atoms with Crippen molar-refractivity contribution in [3.8, 4) is 0 Å². The molecule has 0 atom stereocenters. The maximum absolute atomic E-state index is 0. The molecule has 5 heteroatoms. The largest absolute Gasteiger partial charge is 3.00 e. The molecule has 0 aliphatic rings. The first-order chi connectivity index (χ1) is 0. The van der Waals surface area contributed by atoms with Crippen molar-refractivity contribution in [3.63, 3.8) is 0 Å². The van der Waals surface area contributed by atoms with E-state index in [-0.39, 0.29) is 67.8 Å². The molecule has 0 nitrogen and oxygen atoms in total. The predicted molar refractivity (Wildman–Crippen MR) is 8.26 cm³/mol. The third kappa shape index (κ3) is 27.4. The molecule has 0 aromatic carbocycles. The molecular weight excluding hydrogens is 240 g/mol. The zero-order valence-electron chi connectivity index (χ0n) is 2.12. The van der Waals surface area contributed by atoms with Gasteiger partial charge in [-0.2, -0.15) is 0 Å². The Morgan fingerprint density at radius 3 is 0.600 bits per heavy atom. The summed E-state index contributed by atoms with van der Waals surface area (Å²) in [6.45, 7) is 0. The van der Waals surface area contributed by atoms with E-state index in [4.69, 9.17) is 0 Å². The average Bonchev–Trinajstić information content (AvgIpc) is 0. The van der Waals surface area contributed by atoms with Crippen LogP contribution >= 0.6 is 0 Å². The zero-order valence-corrected chi connectivity index (χ0v) is 7.68. The van der Waals surface area contributed by atoms with E-state index in [1.807, 2.05) is 0 Å². The second kappa shape index (κ2) is 44.3. The third-order valence-corrected chi connectivity index (χ3v) is 0. The van der Waals surface area contributed by atoms with Gasteiger partial charge in [0.05, 0.1) is 0 Å². The van der Waals surface area contributed by atoms with Crippen molar-refractivity contribution < 1.29 is 41.9 Å². The standard InChI is InChI=1S/3ClH.FH.In/h4*1H;/q;;;;+3/p-3. The van der Waals surface area contributed by atoms with Crippen LogP contribution in [0.4, 0.5) is 4.70 Å². The van der Waals surface area contributed by atoms with E-state index in [0.29, 0.717) is 0 Å². The fraction of sp³-hybridized carbons (Fsp3) is 0. The second-order valence-electron chi connectivity index (χ2n) is 0. The molecule has 0 fully saturated rings. The third-order valence-electron chi connectivity index (χ3n) is 0. The quantitative estimate of drug-likeness (QED) is 0.395. The van der Waals surface area contributed by atoms with Gasteiger partial charge in [0.25, 0.3) is 0 Å². The van der Waals surface area contributed by atoms with E-state index < -0.39 is 0 Å². The van der Waals surface area contributed by atoms with E-state index in [1.54, 1.807) is 0 Å². The van der Waals surface area contributed by atoms with E-state index in [0.717, 1.165) is 0 Å². The van der Waals surface area contributed by atoms with Gasteiger partial charge >= 0.3 is 25.8 Å². The summed E-state index contributed by atoms with van der Waals surface area (Å²) < 4.78 is 0. The Labute approximate surface area is 67.5 Å². The molecule has 0 saturated heterocycles. The predicted octanol–water partition coefficient (Wildman–Crippen LogP) is -9.22. The first-order valence-electron chi connectivity index (χ1n) is 0. The maximum atomic E-state index is 0. The van der Waals surface area contributed by atoms with Gasteiger partial charge < -0.3 is 37.2 Å². The van der Waals surface area contributed by atoms with Crippen molar-refractivity contribution in [2.75, 3.05) is 0 Å². The maximum Gasteiger partial charge on any atom is 3.00 e. The van der Waals surface area contributed by atoms with Crippen molar-refractivity contribution in [2.24, 2.45) is 0 Å². The molecular formula is HCl3FIn. The van der Waals surface area contributed by atoms with Crippen molar-refractivity contribution >= 4 is 25.8 Å². The van der Waals surface area contributed by atoms with Crippen LogP contribution in [0.25, 0.3) is 0 Å². The Kier molecular flexibility index (Phi) is 682. The molecule has 0 aromatic rings. The molecule has 0 radical (unpaired) electrons. The summed E-state index contributed by atoms with van der Waals surface area (Å²) in [6.07, 6.45) is 0. The van der Waals surface area contributed by atoms with Crippen LogP contribution in [0.2, 0.25) is 0 Å². The second-order valence-corrected chi connectivity index (χ2v) is 0. The molecule has 0 rings (SSSR count). The summed E-state index contributed by atoms with van der Waals surface area (Å²) >= 11 is 0. The normalized spacial score (nSPS) is 0. The molecule has 0 aliphatic heterocycles. The summed E-state index contributed by atoms with van der Waals surface area (Å²) in [5.74, 6) is 0. The number of rotatable bonds is 0. The van der Waals surface area contributed by atoms with Crippen LogP contribution in [0, 0.1) is 0 Å². The van der Waals surface area contributed by atoms with Crippen molar-refractivity contribution in [3.05, 3.63) is 0 Å². The van der Waals surface area contributed by atoms with Crippen molar-refractivity contribution in [1.82, 2.24) is 0 Å². The van der Waals surface area contributed by atoms with Crippen LogP contribution in [0.15, 0.2) is 0 Å². The molecule has 0 aromatic heterocycles. The van der Waals surface area contributed by atoms with Crippen LogP contribution in [-0.2, 0) is 0 Å². The monoisotopic (exact) mass is 240 g/mol. The molecule has 5 heavy (non-hydrogen) atoms. The van der Waals surface area contributed by atoms with Gasteiger partial charge in [0, 0.05) is 0 Å². The Morgan fingerprint density at radius 1 is 0.600 bits per heavy atom. The van der Waals surface area contributed by atoms with Gasteiger partial charge in [-0.3, -0.25) is 4.70 Å². The number of hydrogen-bond donors (Lipinski definition) is 0. The van der Waals surface area contributed by atoms with Crippen LogP contribution in [0.3, 0.4) is 0 Å². The van der Waals surface area contributed by atoms with Crippen LogP contribution in [0.5, 0.6) is 0 Å². The summed E-state index contributed by atoms with van der Waals surface area (Å²) in [5.41, 5.74) is 0. The molecule has 0 amide bonds.